The summed E-state index contributed by atoms with van der Waals surface area (Å²) in [6.45, 7) is 3.41. The zero-order valence-electron chi connectivity index (χ0n) is 23.6. The molecule has 2 amide bonds. The molecule has 4 atom stereocenters. The van der Waals surface area contributed by atoms with Crippen molar-refractivity contribution in [2.75, 3.05) is 11.5 Å². The largest absolute Gasteiger partial charge is 0.507 e. The van der Waals surface area contributed by atoms with Crippen molar-refractivity contribution < 1.29 is 29.0 Å². The van der Waals surface area contributed by atoms with Crippen LogP contribution in [0.25, 0.3) is 22.2 Å². The van der Waals surface area contributed by atoms with Crippen LogP contribution in [-0.4, -0.2) is 40.3 Å². The predicted octanol–water partition coefficient (Wildman–Crippen LogP) is 5.66. The molecule has 3 aromatic carbocycles. The second-order valence-electron chi connectivity index (χ2n) is 11.6. The number of aromatic hydroxyl groups is 1. The number of amides is 2. The highest BCUT2D eigenvalue weighted by molar-refractivity contribution is 6.23. The Bertz CT molecular complexity index is 1890. The summed E-state index contributed by atoms with van der Waals surface area (Å²) in [6.07, 6.45) is 3.03. The lowest BCUT2D eigenvalue weighted by Crippen LogP contribution is -2.32. The average molecular weight is 573 g/mol. The smallest absolute Gasteiger partial charge is 0.339 e. The van der Waals surface area contributed by atoms with Crippen molar-refractivity contribution in [1.29, 1.82) is 0 Å². The summed E-state index contributed by atoms with van der Waals surface area (Å²) in [6, 6.07) is 20.3. The summed E-state index contributed by atoms with van der Waals surface area (Å²) >= 11 is 0. The van der Waals surface area contributed by atoms with Crippen LogP contribution in [0, 0.1) is 30.6 Å². The Morgan fingerprint density at radius 1 is 0.930 bits per heavy atom. The number of imide groups is 1. The summed E-state index contributed by atoms with van der Waals surface area (Å²) in [4.78, 5) is 58.7. The lowest BCUT2D eigenvalue weighted by atomic mass is 9.82. The highest BCUT2D eigenvalue weighted by Gasteiger charge is 2.60. The van der Waals surface area contributed by atoms with Gasteiger partial charge in [-0.2, -0.15) is 0 Å². The molecule has 4 aromatic rings. The Hall–Kier alpha value is -5.11. The number of phenolic OH excluding ortho intramolecular Hbond substituents is 1. The van der Waals surface area contributed by atoms with Crippen molar-refractivity contribution in [1.82, 2.24) is 4.98 Å². The molecule has 8 nitrogen and oxygen atoms in total. The molecule has 214 valence electrons. The van der Waals surface area contributed by atoms with Crippen molar-refractivity contribution in [2.45, 2.75) is 20.3 Å². The average Bonchev–Trinajstić information content (AvgIpc) is 3.65. The van der Waals surface area contributed by atoms with Gasteiger partial charge in [0.25, 0.3) is 0 Å². The number of phenols is 1. The molecule has 43 heavy (non-hydrogen) atoms. The van der Waals surface area contributed by atoms with Crippen LogP contribution in [0.2, 0.25) is 0 Å². The highest BCUT2D eigenvalue weighted by Crippen LogP contribution is 2.56. The summed E-state index contributed by atoms with van der Waals surface area (Å²) in [5.74, 6) is -1.95. The molecule has 1 aromatic heterocycles. The third kappa shape index (κ3) is 4.33. The zero-order valence-corrected chi connectivity index (χ0v) is 23.6. The third-order valence-corrected chi connectivity index (χ3v) is 9.02. The fourth-order valence-electron chi connectivity index (χ4n) is 6.96. The predicted molar refractivity (Wildman–Crippen MR) is 159 cm³/mol. The molecule has 8 heteroatoms. The molecule has 7 rings (SSSR count). The first-order valence-electron chi connectivity index (χ1n) is 14.3. The van der Waals surface area contributed by atoms with Gasteiger partial charge in [0.2, 0.25) is 17.6 Å². The fraction of sp³-hybridized carbons (Fsp3) is 0.229. The van der Waals surface area contributed by atoms with E-state index < -0.39 is 18.4 Å². The minimum atomic E-state index is -0.696. The molecule has 2 bridgehead atoms. The van der Waals surface area contributed by atoms with E-state index in [-0.39, 0.29) is 52.4 Å². The van der Waals surface area contributed by atoms with Crippen LogP contribution < -0.4 is 4.90 Å². The number of Topliss-reactive ketones (excluding diaryl/α,β-unsaturated/α-hetero) is 1. The van der Waals surface area contributed by atoms with E-state index >= 15 is 0 Å². The number of aryl methyl sites for hydroxylation is 1. The van der Waals surface area contributed by atoms with E-state index in [4.69, 9.17) is 9.72 Å². The van der Waals surface area contributed by atoms with Crippen LogP contribution in [-0.2, 0) is 14.3 Å². The summed E-state index contributed by atoms with van der Waals surface area (Å²) < 4.78 is 5.40. The molecule has 2 fully saturated rings. The normalized spacial score (nSPS) is 22.2. The van der Waals surface area contributed by atoms with Crippen LogP contribution in [0.15, 0.2) is 84.4 Å². The number of pyridine rings is 1. The minimum absolute atomic E-state index is 0.0733. The van der Waals surface area contributed by atoms with Gasteiger partial charge >= 0.3 is 5.97 Å². The minimum Gasteiger partial charge on any atom is -0.507 e. The van der Waals surface area contributed by atoms with Gasteiger partial charge in [-0.1, -0.05) is 47.5 Å². The van der Waals surface area contributed by atoms with Gasteiger partial charge in [0.1, 0.15) is 5.75 Å². The lowest BCUT2D eigenvalue weighted by molar-refractivity contribution is -0.123. The molecular weight excluding hydrogens is 544 g/mol. The molecule has 1 saturated carbocycles. The SMILES string of the molecule is CC1=CC2CC1C1C(=O)N(c3ccc(-c4cc(C(=O)OCC(=O)c5ccccc5O)c5cc(C)ccc5n4)cc3)C(=O)C21. The summed E-state index contributed by atoms with van der Waals surface area (Å²) in [5.41, 5.74) is 4.72. The first-order valence-corrected chi connectivity index (χ1v) is 14.3. The number of allylic oxidation sites excluding steroid dienone is 2. The number of nitrogens with zero attached hydrogens (tertiary/aromatic N) is 2. The Balaban J connectivity index is 1.17. The first-order chi connectivity index (χ1) is 20.7. The van der Waals surface area contributed by atoms with E-state index in [1.165, 1.54) is 22.6 Å². The van der Waals surface area contributed by atoms with Crippen LogP contribution in [0.4, 0.5) is 5.69 Å². The molecule has 1 N–H and O–H groups in total. The van der Waals surface area contributed by atoms with Crippen molar-refractivity contribution in [2.24, 2.45) is 23.7 Å². The molecule has 1 saturated heterocycles. The number of hydrogen-bond acceptors (Lipinski definition) is 7. The highest BCUT2D eigenvalue weighted by atomic mass is 16.5. The van der Waals surface area contributed by atoms with Gasteiger partial charge in [0.15, 0.2) is 6.61 Å². The number of esters is 1. The molecule has 1 aliphatic heterocycles. The standard InChI is InChI=1S/C35H28N2O6/c1-18-7-12-27-25(13-18)26(35(42)43-17-30(39)23-5-3-4-6-29(23)38)16-28(36-27)20-8-10-22(11-9-20)37-33(40)31-21-14-19(2)24(15-21)32(31)34(37)41/h3-14,16,21,24,31-32,38H,15,17H2,1-2H3. The Kier molecular flexibility index (Phi) is 6.23. The van der Waals surface area contributed by atoms with Crippen LogP contribution in [0.5, 0.6) is 5.75 Å². The van der Waals surface area contributed by atoms with Gasteiger partial charge < -0.3 is 9.84 Å². The molecule has 0 spiro atoms. The van der Waals surface area contributed by atoms with Gasteiger partial charge in [0, 0.05) is 10.9 Å². The van der Waals surface area contributed by atoms with Gasteiger partial charge in [-0.25, -0.2) is 9.78 Å². The number of fused-ring (bicyclic) bond motifs is 6. The maximum Gasteiger partial charge on any atom is 0.339 e. The number of ketones is 1. The number of carbonyl (C=O) groups is 4. The number of hydrogen-bond donors (Lipinski definition) is 1. The second kappa shape index (κ2) is 10.0. The number of ether oxygens (including phenoxy) is 1. The van der Waals surface area contributed by atoms with E-state index in [9.17, 15) is 24.3 Å². The number of benzene rings is 3. The Labute approximate surface area is 247 Å². The van der Waals surface area contributed by atoms with E-state index in [1.54, 1.807) is 42.5 Å². The van der Waals surface area contributed by atoms with E-state index in [2.05, 4.69) is 6.08 Å². The molecule has 4 unspecified atom stereocenters. The first kappa shape index (κ1) is 26.8. The van der Waals surface area contributed by atoms with Crippen molar-refractivity contribution in [3.05, 3.63) is 101 Å². The Morgan fingerprint density at radius 3 is 2.44 bits per heavy atom. The second-order valence-corrected chi connectivity index (χ2v) is 11.6. The quantitative estimate of drug-likeness (QED) is 0.137. The fourth-order valence-corrected chi connectivity index (χ4v) is 6.96. The third-order valence-electron chi connectivity index (χ3n) is 9.02. The van der Waals surface area contributed by atoms with E-state index in [0.29, 0.717) is 27.8 Å². The number of carbonyl (C=O) groups excluding carboxylic acids is 4. The monoisotopic (exact) mass is 572 g/mol. The maximum atomic E-state index is 13.4. The molecule has 2 heterocycles. The van der Waals surface area contributed by atoms with E-state index in [1.807, 2.05) is 32.0 Å². The van der Waals surface area contributed by atoms with Gasteiger partial charge in [-0.15, -0.1) is 0 Å². The summed E-state index contributed by atoms with van der Waals surface area (Å²) in [7, 11) is 0. The summed E-state index contributed by atoms with van der Waals surface area (Å²) in [5, 5.41) is 10.6. The van der Waals surface area contributed by atoms with Crippen molar-refractivity contribution >= 4 is 40.2 Å². The van der Waals surface area contributed by atoms with Crippen molar-refractivity contribution in [3.8, 4) is 17.0 Å². The van der Waals surface area contributed by atoms with Crippen molar-refractivity contribution in [3.63, 3.8) is 0 Å². The number of anilines is 1. The van der Waals surface area contributed by atoms with Gasteiger partial charge in [-0.05, 0) is 74.6 Å². The zero-order chi connectivity index (χ0) is 30.0. The van der Waals surface area contributed by atoms with Crippen LogP contribution >= 0.6 is 0 Å². The maximum absolute atomic E-state index is 13.4. The van der Waals surface area contributed by atoms with Crippen LogP contribution in [0.1, 0.15) is 39.6 Å². The number of rotatable bonds is 6. The molecule has 0 radical (unpaired) electrons. The van der Waals surface area contributed by atoms with Gasteiger partial charge in [0.05, 0.1) is 39.9 Å². The Morgan fingerprint density at radius 2 is 1.67 bits per heavy atom. The van der Waals surface area contributed by atoms with Crippen LogP contribution in [0.3, 0.4) is 0 Å². The molecular formula is C35H28N2O6. The van der Waals surface area contributed by atoms with Gasteiger partial charge in [-0.3, -0.25) is 19.3 Å². The van der Waals surface area contributed by atoms with E-state index in [0.717, 1.165) is 12.0 Å². The molecule has 3 aliphatic rings. The lowest BCUT2D eigenvalue weighted by Gasteiger charge is -2.19. The molecule has 2 aliphatic carbocycles. The number of para-hydroxylation sites is 1. The number of aromatic nitrogens is 1. The topological polar surface area (TPSA) is 114 Å².